The standard InChI is InChI=1S/2C30H27N3O4S.C23H21N3O.C7H7ClO3S/c1-37-27-14-5-6-15-28(27)38(35,36)33-26-17-16-22(30(34)32-18-7-2-8-19-32)20-25(26)31-29(33)24-13-9-11-21-10-3-4-12-23(21)24;1-37-27-14-5-6-15-28(27)38(35,36)33-26-20-22(30(34)32-18-7-2-8-19-32)16-17-25(26)31-29(33)24-13-9-11-21-10-3-4-12-23(21)24;27-23(26-13-4-1-5-14-26)17-11-12-20-21(15-17)25-22(24-20)19-10-6-8-16-7-2-3-9-18(16)19;1-11-6-4-2-3-5-7(6)12(8,9)10/h2*3-6,9-17,20H,2,7-8,18-19H2,1H3;2-3,6-12,15H,1,4-5,13-14H2,(H,24,25);2-5H,1H3. The van der Waals surface area contributed by atoms with Gasteiger partial charge in [-0.15, -0.1) is 0 Å². The minimum atomic E-state index is -4.18. The van der Waals surface area contributed by atoms with Gasteiger partial charge in [-0.05, 0) is 181 Å². The number of H-pyrrole nitrogens is 1. The number of para-hydroxylation sites is 3. The number of hydrogen-bond donors (Lipinski definition) is 1. The number of aromatic amines is 1. The maximum absolute atomic E-state index is 14.3. The third kappa shape index (κ3) is 16.1. The number of benzene rings is 12. The average molecular weight is 1610 g/mol. The molecule has 0 saturated carbocycles. The summed E-state index contributed by atoms with van der Waals surface area (Å²) in [6, 6.07) is 76.9. The Morgan fingerprint density at radius 1 is 0.348 bits per heavy atom. The number of halogens is 1. The second-order valence-electron chi connectivity index (χ2n) is 28.2. The molecule has 3 saturated heterocycles. The van der Waals surface area contributed by atoms with Gasteiger partial charge >= 0.3 is 0 Å². The molecule has 6 heterocycles. The summed E-state index contributed by atoms with van der Waals surface area (Å²) in [5.74, 6) is 2.11. The molecule has 3 aromatic heterocycles. The zero-order valence-corrected chi connectivity index (χ0v) is 66.6. The fourth-order valence-corrected chi connectivity index (χ4v) is 19.5. The molecule has 21 nitrogen and oxygen atoms in total. The largest absolute Gasteiger partial charge is 0.495 e. The lowest BCUT2D eigenvalue weighted by atomic mass is 10.0. The summed E-state index contributed by atoms with van der Waals surface area (Å²) in [5.41, 5.74) is 7.58. The molecule has 0 unspecified atom stereocenters. The fourth-order valence-electron chi connectivity index (χ4n) is 15.3. The van der Waals surface area contributed by atoms with Crippen LogP contribution in [0.1, 0.15) is 88.9 Å². The van der Waals surface area contributed by atoms with E-state index in [9.17, 15) is 39.6 Å². The maximum atomic E-state index is 14.3. The lowest BCUT2D eigenvalue weighted by molar-refractivity contribution is 0.0717. The van der Waals surface area contributed by atoms with Crippen molar-refractivity contribution in [3.8, 4) is 51.4 Å². The van der Waals surface area contributed by atoms with Gasteiger partial charge in [0.25, 0.3) is 46.8 Å². The number of rotatable bonds is 14. The van der Waals surface area contributed by atoms with Crippen molar-refractivity contribution in [2.24, 2.45) is 0 Å². The predicted octanol–water partition coefficient (Wildman–Crippen LogP) is 18.1. The SMILES string of the molecule is COc1ccccc1S(=O)(=O)Cl.COc1ccccc1S(=O)(=O)n1c(-c2cccc3ccccc23)nc2cc(C(=O)N3CCCCC3)ccc21.COc1ccccc1S(=O)(=O)n1c(-c2cccc3ccccc23)nc2ccc(C(=O)N3CCCCC3)cc21.O=C(c1ccc2nc(-c3cccc4ccccc34)[nH]c2c1)N1CCCCC1. The summed E-state index contributed by atoms with van der Waals surface area (Å²) in [6.45, 7) is 4.60. The molecule has 0 aliphatic carbocycles. The minimum absolute atomic E-state index is 0.00540. The molecule has 15 aromatic rings. The van der Waals surface area contributed by atoms with Crippen LogP contribution in [0.4, 0.5) is 0 Å². The highest BCUT2D eigenvalue weighted by Gasteiger charge is 2.33. The van der Waals surface area contributed by atoms with Crippen molar-refractivity contribution < 1.29 is 53.8 Å². The molecule has 25 heteroatoms. The van der Waals surface area contributed by atoms with E-state index in [1.807, 2.05) is 130 Å². The number of hydrogen-bond acceptors (Lipinski definition) is 15. The molecule has 18 rings (SSSR count). The first-order valence-corrected chi connectivity index (χ1v) is 43.2. The molecule has 0 bridgehead atoms. The van der Waals surface area contributed by atoms with Crippen LogP contribution in [0, 0.1) is 0 Å². The minimum Gasteiger partial charge on any atom is -0.495 e. The van der Waals surface area contributed by atoms with E-state index in [1.165, 1.54) is 70.7 Å². The van der Waals surface area contributed by atoms with Gasteiger partial charge in [-0.1, -0.05) is 164 Å². The van der Waals surface area contributed by atoms with Gasteiger partial charge in [0.15, 0.2) is 11.6 Å². The molecule has 0 spiro atoms. The Hall–Kier alpha value is -12.2. The number of aromatic nitrogens is 6. The second-order valence-corrected chi connectivity index (χ2v) is 34.2. The van der Waals surface area contributed by atoms with Gasteiger partial charge in [0.2, 0.25) is 0 Å². The zero-order chi connectivity index (χ0) is 80.0. The van der Waals surface area contributed by atoms with Crippen LogP contribution in [0.3, 0.4) is 0 Å². The van der Waals surface area contributed by atoms with E-state index >= 15 is 0 Å². The summed E-state index contributed by atoms with van der Waals surface area (Å²) >= 11 is 0. The van der Waals surface area contributed by atoms with Crippen LogP contribution in [0.15, 0.2) is 269 Å². The molecule has 3 fully saturated rings. The first-order valence-electron chi connectivity index (χ1n) is 38.0. The average Bonchev–Trinajstić information content (AvgIpc) is 1.61. The van der Waals surface area contributed by atoms with Gasteiger partial charge in [-0.2, -0.15) is 0 Å². The second kappa shape index (κ2) is 33.8. The van der Waals surface area contributed by atoms with Gasteiger partial charge in [0, 0.05) is 83.3 Å². The van der Waals surface area contributed by atoms with E-state index < -0.39 is 29.1 Å². The number of carbonyl (C=O) groups excluding carboxylic acids is 3. The quantitative estimate of drug-likeness (QED) is 0.0993. The van der Waals surface area contributed by atoms with Gasteiger partial charge in [0.1, 0.15) is 37.8 Å². The summed E-state index contributed by atoms with van der Waals surface area (Å²) < 4.78 is 97.2. The highest BCUT2D eigenvalue weighted by molar-refractivity contribution is 8.13. The topological polar surface area (TPSA) is 255 Å². The Kier molecular flexibility index (Phi) is 23.0. The van der Waals surface area contributed by atoms with Gasteiger partial charge in [0.05, 0.1) is 54.4 Å². The number of piperidine rings is 3. The highest BCUT2D eigenvalue weighted by Crippen LogP contribution is 2.40. The number of methoxy groups -OCH3 is 3. The van der Waals surface area contributed by atoms with Crippen LogP contribution < -0.4 is 14.2 Å². The normalized spacial score (nSPS) is 14.0. The van der Waals surface area contributed by atoms with Crippen molar-refractivity contribution in [3.63, 3.8) is 0 Å². The predicted molar refractivity (Wildman–Crippen MR) is 451 cm³/mol. The monoisotopic (exact) mass is 1610 g/mol. The van der Waals surface area contributed by atoms with E-state index in [4.69, 9.17) is 39.8 Å². The Morgan fingerprint density at radius 2 is 0.704 bits per heavy atom. The summed E-state index contributed by atoms with van der Waals surface area (Å²) in [6.07, 6.45) is 9.59. The first kappa shape index (κ1) is 78.1. The van der Waals surface area contributed by atoms with E-state index in [0.717, 1.165) is 127 Å². The fraction of sp³-hybridized carbons (Fsp3) is 0.200. The van der Waals surface area contributed by atoms with Crippen molar-refractivity contribution >= 4 is 123 Å². The summed E-state index contributed by atoms with van der Waals surface area (Å²) in [4.78, 5) is 62.9. The van der Waals surface area contributed by atoms with Crippen molar-refractivity contribution in [3.05, 3.63) is 271 Å². The molecule has 3 aliphatic heterocycles. The lowest BCUT2D eigenvalue weighted by Gasteiger charge is -2.26. The maximum Gasteiger partial charge on any atom is 0.273 e. The Balaban J connectivity index is 0.000000128. The van der Waals surface area contributed by atoms with Crippen molar-refractivity contribution in [2.75, 3.05) is 60.6 Å². The van der Waals surface area contributed by atoms with Crippen LogP contribution in [0.2, 0.25) is 0 Å². The van der Waals surface area contributed by atoms with Crippen molar-refractivity contribution in [1.29, 1.82) is 0 Å². The molecule has 3 amide bonds. The third-order valence-electron chi connectivity index (χ3n) is 21.0. The van der Waals surface area contributed by atoms with Crippen LogP contribution in [0.5, 0.6) is 17.2 Å². The molecule has 0 radical (unpaired) electrons. The molecule has 584 valence electrons. The van der Waals surface area contributed by atoms with E-state index in [-0.39, 0.29) is 61.3 Å². The number of nitrogens with zero attached hydrogens (tertiary/aromatic N) is 8. The molecule has 3 aliphatic rings. The van der Waals surface area contributed by atoms with E-state index in [2.05, 4.69) is 35.3 Å². The number of imidazole rings is 3. The van der Waals surface area contributed by atoms with Crippen molar-refractivity contribution in [1.82, 2.24) is 42.6 Å². The molecule has 0 atom stereocenters. The van der Waals surface area contributed by atoms with Crippen LogP contribution in [0.25, 0.3) is 99.6 Å². The Labute approximate surface area is 670 Å². The number of fused-ring (bicyclic) bond motifs is 6. The Bertz CT molecular complexity index is 6470. The summed E-state index contributed by atoms with van der Waals surface area (Å²) in [5, 5.41) is 6.07. The molecular formula is C90H82ClN9O12S3. The molecule has 1 N–H and O–H groups in total. The third-order valence-corrected chi connectivity index (χ3v) is 25.8. The van der Waals surface area contributed by atoms with Gasteiger partial charge in [-0.3, -0.25) is 14.4 Å². The van der Waals surface area contributed by atoms with Crippen LogP contribution in [-0.2, 0) is 29.1 Å². The lowest BCUT2D eigenvalue weighted by Crippen LogP contribution is -2.35. The Morgan fingerprint density at radius 3 is 1.16 bits per heavy atom. The number of carbonyl (C=O) groups is 3. The number of likely N-dealkylation sites (tertiary alicyclic amines) is 3. The molecule has 115 heavy (non-hydrogen) atoms. The highest BCUT2D eigenvalue weighted by atomic mass is 35.7. The van der Waals surface area contributed by atoms with E-state index in [1.54, 1.807) is 84.9 Å². The van der Waals surface area contributed by atoms with Crippen LogP contribution >= 0.6 is 10.7 Å². The molecule has 12 aromatic carbocycles. The summed E-state index contributed by atoms with van der Waals surface area (Å²) in [7, 11) is -2.59. The molecular weight excluding hydrogens is 1530 g/mol. The van der Waals surface area contributed by atoms with Gasteiger partial charge in [-0.25, -0.2) is 48.2 Å². The van der Waals surface area contributed by atoms with E-state index in [0.29, 0.717) is 57.4 Å². The number of amides is 3. The number of ether oxygens (including phenoxy) is 3. The zero-order valence-electron chi connectivity index (χ0n) is 63.4. The van der Waals surface area contributed by atoms with Crippen molar-refractivity contribution in [2.45, 2.75) is 72.5 Å². The van der Waals surface area contributed by atoms with Crippen LogP contribution in [-0.4, -0.2) is 146 Å². The first-order chi connectivity index (χ1) is 55.8. The van der Waals surface area contributed by atoms with Gasteiger partial charge < -0.3 is 33.9 Å². The number of nitrogens with one attached hydrogen (secondary N) is 1. The smallest absolute Gasteiger partial charge is 0.273 e.